The third-order valence-electron chi connectivity index (χ3n) is 6.45. The zero-order chi connectivity index (χ0) is 25.1. The van der Waals surface area contributed by atoms with Gasteiger partial charge < -0.3 is 25.3 Å². The molecule has 1 aliphatic heterocycles. The quantitative estimate of drug-likeness (QED) is 0.488. The number of hydrogen-bond donors (Lipinski definition) is 3. The van der Waals surface area contributed by atoms with Crippen molar-refractivity contribution in [1.82, 2.24) is 20.3 Å². The summed E-state index contributed by atoms with van der Waals surface area (Å²) >= 11 is 0. The van der Waals surface area contributed by atoms with Crippen molar-refractivity contribution in [1.29, 1.82) is 0 Å². The molecule has 0 radical (unpaired) electrons. The standard InChI is InChI=1S/C26H34N6O3/c1-5-18-8-6-7-9-20(18)31-23(33)26(16-28-24(34)35-25(2,3)4)11-14-32(15-12-26)22-19-10-13-27-21(19)29-17-30-22/h6-10,13,17H,5,11-12,14-16H2,1-4H3,(H,28,34)(H,31,33)(H,27,29,30). The average Bonchev–Trinajstić information content (AvgIpc) is 3.31. The first kappa shape index (κ1) is 24.5. The van der Waals surface area contributed by atoms with Crippen molar-refractivity contribution in [2.24, 2.45) is 5.41 Å². The number of para-hydroxylation sites is 1. The average molecular weight is 479 g/mol. The molecule has 0 atom stereocenters. The highest BCUT2D eigenvalue weighted by atomic mass is 16.6. The molecule has 1 fully saturated rings. The van der Waals surface area contributed by atoms with Gasteiger partial charge in [0.25, 0.3) is 0 Å². The van der Waals surface area contributed by atoms with Crippen LogP contribution < -0.4 is 15.5 Å². The van der Waals surface area contributed by atoms with Gasteiger partial charge in [-0.3, -0.25) is 4.79 Å². The minimum absolute atomic E-state index is 0.0939. The Morgan fingerprint density at radius 1 is 1.14 bits per heavy atom. The van der Waals surface area contributed by atoms with Crippen LogP contribution in [0, 0.1) is 5.41 Å². The van der Waals surface area contributed by atoms with E-state index in [2.05, 4.69) is 37.4 Å². The van der Waals surface area contributed by atoms with Crippen LogP contribution in [0.3, 0.4) is 0 Å². The monoisotopic (exact) mass is 478 g/mol. The molecule has 0 spiro atoms. The summed E-state index contributed by atoms with van der Waals surface area (Å²) in [6, 6.07) is 9.78. The minimum atomic E-state index is -0.779. The van der Waals surface area contributed by atoms with Crippen molar-refractivity contribution < 1.29 is 14.3 Å². The lowest BCUT2D eigenvalue weighted by Gasteiger charge is -2.41. The van der Waals surface area contributed by atoms with Gasteiger partial charge in [-0.05, 0) is 57.7 Å². The third kappa shape index (κ3) is 5.55. The van der Waals surface area contributed by atoms with Gasteiger partial charge in [0, 0.05) is 31.5 Å². The van der Waals surface area contributed by atoms with Crippen LogP contribution in [0.4, 0.5) is 16.3 Å². The second kappa shape index (κ2) is 9.93. The van der Waals surface area contributed by atoms with E-state index in [1.807, 2.05) is 57.3 Å². The van der Waals surface area contributed by atoms with E-state index in [1.54, 1.807) is 6.33 Å². The number of aromatic nitrogens is 3. The van der Waals surface area contributed by atoms with Crippen LogP contribution in [0.1, 0.15) is 46.1 Å². The zero-order valence-electron chi connectivity index (χ0n) is 20.9. The number of nitrogens with one attached hydrogen (secondary N) is 3. The van der Waals surface area contributed by atoms with Gasteiger partial charge in [0.2, 0.25) is 5.91 Å². The first-order chi connectivity index (χ1) is 16.7. The number of rotatable bonds is 6. The number of benzene rings is 1. The largest absolute Gasteiger partial charge is 0.444 e. The SMILES string of the molecule is CCc1ccccc1NC(=O)C1(CNC(=O)OC(C)(C)C)CCN(c2ncnc3[nH]ccc23)CC1. The summed E-state index contributed by atoms with van der Waals surface area (Å²) < 4.78 is 5.43. The maximum Gasteiger partial charge on any atom is 0.407 e. The number of aryl methyl sites for hydroxylation is 1. The molecule has 0 aliphatic carbocycles. The second-order valence-corrected chi connectivity index (χ2v) is 10.0. The summed E-state index contributed by atoms with van der Waals surface area (Å²) in [5, 5.41) is 6.95. The van der Waals surface area contributed by atoms with E-state index in [-0.39, 0.29) is 12.5 Å². The van der Waals surface area contributed by atoms with E-state index in [1.165, 1.54) is 0 Å². The van der Waals surface area contributed by atoms with Crippen molar-refractivity contribution >= 4 is 34.5 Å². The fourth-order valence-corrected chi connectivity index (χ4v) is 4.50. The number of aromatic amines is 1. The minimum Gasteiger partial charge on any atom is -0.444 e. The molecule has 9 nitrogen and oxygen atoms in total. The van der Waals surface area contributed by atoms with Crippen molar-refractivity contribution in [3.63, 3.8) is 0 Å². The number of H-pyrrole nitrogens is 1. The number of nitrogens with zero attached hydrogens (tertiary/aromatic N) is 3. The van der Waals surface area contributed by atoms with Gasteiger partial charge in [-0.2, -0.15) is 0 Å². The smallest absolute Gasteiger partial charge is 0.407 e. The molecule has 35 heavy (non-hydrogen) atoms. The van der Waals surface area contributed by atoms with Gasteiger partial charge in [0.05, 0.1) is 10.8 Å². The topological polar surface area (TPSA) is 112 Å². The molecule has 0 bridgehead atoms. The number of ether oxygens (including phenoxy) is 1. The van der Waals surface area contributed by atoms with Crippen LogP contribution in [0.25, 0.3) is 11.0 Å². The van der Waals surface area contributed by atoms with Gasteiger partial charge in [-0.15, -0.1) is 0 Å². The summed E-state index contributed by atoms with van der Waals surface area (Å²) in [6.45, 7) is 8.95. The molecule has 3 heterocycles. The predicted octanol–water partition coefficient (Wildman–Crippen LogP) is 4.27. The second-order valence-electron chi connectivity index (χ2n) is 10.0. The zero-order valence-corrected chi connectivity index (χ0v) is 20.9. The fourth-order valence-electron chi connectivity index (χ4n) is 4.50. The Hall–Kier alpha value is -3.62. The Balaban J connectivity index is 1.54. The number of piperidine rings is 1. The molecule has 1 aliphatic rings. The molecule has 1 saturated heterocycles. The first-order valence-electron chi connectivity index (χ1n) is 12.1. The lowest BCUT2D eigenvalue weighted by Crippen LogP contribution is -2.53. The van der Waals surface area contributed by atoms with Crippen molar-refractivity contribution in [2.45, 2.75) is 52.6 Å². The molecular weight excluding hydrogens is 444 g/mol. The highest BCUT2D eigenvalue weighted by Crippen LogP contribution is 2.36. The van der Waals surface area contributed by atoms with Crippen LogP contribution in [0.15, 0.2) is 42.9 Å². The van der Waals surface area contributed by atoms with Gasteiger partial charge in [-0.25, -0.2) is 14.8 Å². The summed E-state index contributed by atoms with van der Waals surface area (Å²) in [4.78, 5) is 40.2. The van der Waals surface area contributed by atoms with E-state index in [0.717, 1.165) is 34.5 Å². The molecule has 1 aromatic carbocycles. The number of fused-ring (bicyclic) bond motifs is 1. The van der Waals surface area contributed by atoms with Crippen LogP contribution in [0.5, 0.6) is 0 Å². The Labute approximate surface area is 205 Å². The van der Waals surface area contributed by atoms with E-state index in [9.17, 15) is 9.59 Å². The Kier molecular flexibility index (Phi) is 6.95. The molecule has 4 rings (SSSR count). The normalized spacial score (nSPS) is 15.6. The van der Waals surface area contributed by atoms with Gasteiger partial charge in [-0.1, -0.05) is 25.1 Å². The number of carbonyl (C=O) groups excluding carboxylic acids is 2. The van der Waals surface area contributed by atoms with Gasteiger partial charge >= 0.3 is 6.09 Å². The molecule has 0 saturated carbocycles. The van der Waals surface area contributed by atoms with Crippen molar-refractivity contribution in [3.05, 3.63) is 48.4 Å². The van der Waals surface area contributed by atoms with Crippen molar-refractivity contribution in [3.8, 4) is 0 Å². The summed E-state index contributed by atoms with van der Waals surface area (Å²) in [7, 11) is 0. The van der Waals surface area contributed by atoms with E-state index in [4.69, 9.17) is 4.74 Å². The van der Waals surface area contributed by atoms with Crippen molar-refractivity contribution in [2.75, 3.05) is 29.9 Å². The number of alkyl carbamates (subject to hydrolysis) is 1. The first-order valence-corrected chi connectivity index (χ1v) is 12.1. The van der Waals surface area contributed by atoms with E-state index in [0.29, 0.717) is 25.9 Å². The maximum absolute atomic E-state index is 13.7. The molecule has 2 amide bonds. The third-order valence-corrected chi connectivity index (χ3v) is 6.45. The summed E-state index contributed by atoms with van der Waals surface area (Å²) in [5.41, 5.74) is 1.27. The lowest BCUT2D eigenvalue weighted by molar-refractivity contribution is -0.126. The van der Waals surface area contributed by atoms with Gasteiger partial charge in [0.1, 0.15) is 23.4 Å². The lowest BCUT2D eigenvalue weighted by atomic mass is 9.77. The molecule has 9 heteroatoms. The molecular formula is C26H34N6O3. The summed E-state index contributed by atoms with van der Waals surface area (Å²) in [5.74, 6) is 0.755. The highest BCUT2D eigenvalue weighted by Gasteiger charge is 2.42. The Morgan fingerprint density at radius 3 is 2.60 bits per heavy atom. The molecule has 0 unspecified atom stereocenters. The number of anilines is 2. The highest BCUT2D eigenvalue weighted by molar-refractivity contribution is 5.97. The number of amides is 2. The Morgan fingerprint density at radius 2 is 1.89 bits per heavy atom. The fraction of sp³-hybridized carbons (Fsp3) is 0.462. The molecule has 2 aromatic heterocycles. The Bertz CT molecular complexity index is 1190. The van der Waals surface area contributed by atoms with E-state index < -0.39 is 17.1 Å². The summed E-state index contributed by atoms with van der Waals surface area (Å²) in [6.07, 6.45) is 4.80. The van der Waals surface area contributed by atoms with Crippen LogP contribution in [0.2, 0.25) is 0 Å². The van der Waals surface area contributed by atoms with Crippen LogP contribution in [-0.2, 0) is 16.0 Å². The van der Waals surface area contributed by atoms with E-state index >= 15 is 0 Å². The molecule has 186 valence electrons. The van der Waals surface area contributed by atoms with Crippen LogP contribution >= 0.6 is 0 Å². The maximum atomic E-state index is 13.7. The molecule has 3 aromatic rings. The number of carbonyl (C=O) groups is 2. The van der Waals surface area contributed by atoms with Crippen LogP contribution in [-0.4, -0.2) is 52.2 Å². The number of hydrogen-bond acceptors (Lipinski definition) is 6. The molecule has 3 N–H and O–H groups in total. The predicted molar refractivity (Wildman–Crippen MR) is 136 cm³/mol. The van der Waals surface area contributed by atoms with Gasteiger partial charge in [0.15, 0.2) is 0 Å².